The average molecular weight is 246 g/mol. The molecular formula is C16H22O2. The van der Waals surface area contributed by atoms with Gasteiger partial charge in [-0.25, -0.2) is 0 Å². The Kier molecular flexibility index (Phi) is 4.05. The summed E-state index contributed by atoms with van der Waals surface area (Å²) in [6.45, 7) is 6.57. The van der Waals surface area contributed by atoms with Gasteiger partial charge < -0.3 is 4.74 Å². The highest BCUT2D eigenvalue weighted by Crippen LogP contribution is 2.24. The van der Waals surface area contributed by atoms with E-state index in [1.54, 1.807) is 0 Å². The Morgan fingerprint density at radius 1 is 1.22 bits per heavy atom. The summed E-state index contributed by atoms with van der Waals surface area (Å²) in [6, 6.07) is 8.80. The Morgan fingerprint density at radius 3 is 2.39 bits per heavy atom. The van der Waals surface area contributed by atoms with Crippen LogP contribution in [0.4, 0.5) is 0 Å². The molecule has 0 bridgehead atoms. The fourth-order valence-corrected chi connectivity index (χ4v) is 2.49. The molecule has 0 aromatic heterocycles. The smallest absolute Gasteiger partial charge is 0.306 e. The fourth-order valence-electron chi connectivity index (χ4n) is 2.49. The highest BCUT2D eigenvalue weighted by molar-refractivity contribution is 5.71. The standard InChI is InChI=1S/C16H22O2/c1-11(2)14-6-4-13(5-7-14)10-12(3)15-8-9-16(17)18-15/h4-7,11-12,15H,8-10H2,1-3H3/t12-,15+/m1/s1. The number of cyclic esters (lactones) is 1. The van der Waals surface area contributed by atoms with Crippen LogP contribution in [0.2, 0.25) is 0 Å². The molecule has 2 rings (SSSR count). The maximum atomic E-state index is 11.1. The number of carbonyl (C=O) groups is 1. The van der Waals surface area contributed by atoms with Gasteiger partial charge in [-0.15, -0.1) is 0 Å². The molecule has 0 spiro atoms. The normalized spacial score (nSPS) is 21.1. The van der Waals surface area contributed by atoms with E-state index in [0.717, 1.165) is 12.8 Å². The first-order chi connectivity index (χ1) is 8.56. The molecule has 2 atom stereocenters. The number of ether oxygens (including phenoxy) is 1. The van der Waals surface area contributed by atoms with Crippen LogP contribution in [0.3, 0.4) is 0 Å². The summed E-state index contributed by atoms with van der Waals surface area (Å²) in [5.41, 5.74) is 2.70. The topological polar surface area (TPSA) is 26.3 Å². The lowest BCUT2D eigenvalue weighted by atomic mass is 9.93. The fraction of sp³-hybridized carbons (Fsp3) is 0.562. The molecule has 2 heteroatoms. The molecule has 0 N–H and O–H groups in total. The Morgan fingerprint density at radius 2 is 1.89 bits per heavy atom. The summed E-state index contributed by atoms with van der Waals surface area (Å²) in [5, 5.41) is 0. The van der Waals surface area contributed by atoms with Crippen molar-refractivity contribution in [1.82, 2.24) is 0 Å². The van der Waals surface area contributed by atoms with E-state index in [9.17, 15) is 4.79 Å². The third-order valence-corrected chi connectivity index (χ3v) is 3.75. The summed E-state index contributed by atoms with van der Waals surface area (Å²) in [5.74, 6) is 0.940. The molecule has 0 radical (unpaired) electrons. The van der Waals surface area contributed by atoms with E-state index in [1.165, 1.54) is 11.1 Å². The molecule has 1 heterocycles. The van der Waals surface area contributed by atoms with Crippen LogP contribution in [0.15, 0.2) is 24.3 Å². The predicted octanol–water partition coefficient (Wildman–Crippen LogP) is 3.69. The number of carbonyl (C=O) groups excluding carboxylic acids is 1. The Labute approximate surface area is 109 Å². The Hall–Kier alpha value is -1.31. The summed E-state index contributed by atoms with van der Waals surface area (Å²) in [6.07, 6.45) is 2.56. The number of benzene rings is 1. The zero-order valence-corrected chi connectivity index (χ0v) is 11.5. The quantitative estimate of drug-likeness (QED) is 0.757. The number of esters is 1. The van der Waals surface area contributed by atoms with Crippen molar-refractivity contribution in [3.8, 4) is 0 Å². The zero-order chi connectivity index (χ0) is 13.1. The molecule has 2 nitrogen and oxygen atoms in total. The molecule has 0 aliphatic carbocycles. The van der Waals surface area contributed by atoms with Crippen LogP contribution >= 0.6 is 0 Å². The second kappa shape index (κ2) is 5.55. The van der Waals surface area contributed by atoms with Crippen molar-refractivity contribution in [3.05, 3.63) is 35.4 Å². The summed E-state index contributed by atoms with van der Waals surface area (Å²) >= 11 is 0. The second-order valence-electron chi connectivity index (χ2n) is 5.64. The molecule has 0 saturated carbocycles. The van der Waals surface area contributed by atoms with Crippen molar-refractivity contribution in [2.45, 2.75) is 52.1 Å². The van der Waals surface area contributed by atoms with E-state index in [2.05, 4.69) is 45.0 Å². The lowest BCUT2D eigenvalue weighted by Gasteiger charge is -2.18. The summed E-state index contributed by atoms with van der Waals surface area (Å²) in [4.78, 5) is 11.1. The molecule has 1 aliphatic rings. The first-order valence-electron chi connectivity index (χ1n) is 6.84. The molecule has 1 aromatic rings. The van der Waals surface area contributed by atoms with Gasteiger partial charge in [-0.2, -0.15) is 0 Å². The molecule has 1 saturated heterocycles. The third kappa shape index (κ3) is 3.12. The van der Waals surface area contributed by atoms with Crippen LogP contribution in [0.5, 0.6) is 0 Å². The van der Waals surface area contributed by atoms with Gasteiger partial charge in [-0.1, -0.05) is 45.0 Å². The summed E-state index contributed by atoms with van der Waals surface area (Å²) in [7, 11) is 0. The largest absolute Gasteiger partial charge is 0.462 e. The van der Waals surface area contributed by atoms with Crippen LogP contribution in [-0.2, 0) is 16.0 Å². The highest BCUT2D eigenvalue weighted by atomic mass is 16.5. The molecule has 1 fully saturated rings. The molecule has 0 unspecified atom stereocenters. The predicted molar refractivity (Wildman–Crippen MR) is 72.5 cm³/mol. The lowest BCUT2D eigenvalue weighted by Crippen LogP contribution is -2.19. The van der Waals surface area contributed by atoms with Gasteiger partial charge >= 0.3 is 5.97 Å². The molecule has 98 valence electrons. The van der Waals surface area contributed by atoms with Crippen molar-refractivity contribution in [1.29, 1.82) is 0 Å². The van der Waals surface area contributed by atoms with E-state index in [0.29, 0.717) is 18.3 Å². The van der Waals surface area contributed by atoms with E-state index >= 15 is 0 Å². The van der Waals surface area contributed by atoms with Gasteiger partial charge in [0.05, 0.1) is 0 Å². The minimum atomic E-state index is -0.0398. The van der Waals surface area contributed by atoms with Crippen LogP contribution < -0.4 is 0 Å². The van der Waals surface area contributed by atoms with Crippen LogP contribution in [0.25, 0.3) is 0 Å². The van der Waals surface area contributed by atoms with Crippen LogP contribution in [0, 0.1) is 5.92 Å². The van der Waals surface area contributed by atoms with Crippen molar-refractivity contribution in [2.75, 3.05) is 0 Å². The van der Waals surface area contributed by atoms with Gasteiger partial charge in [-0.3, -0.25) is 4.79 Å². The van der Waals surface area contributed by atoms with Gasteiger partial charge in [0.15, 0.2) is 0 Å². The van der Waals surface area contributed by atoms with Crippen molar-refractivity contribution < 1.29 is 9.53 Å². The number of rotatable bonds is 4. The van der Waals surface area contributed by atoms with E-state index in [4.69, 9.17) is 4.74 Å². The SMILES string of the molecule is CC(C)c1ccc(C[C@@H](C)[C@@H]2CCC(=O)O2)cc1. The third-order valence-electron chi connectivity index (χ3n) is 3.75. The average Bonchev–Trinajstić information content (AvgIpc) is 2.76. The van der Waals surface area contributed by atoms with Gasteiger partial charge in [0.25, 0.3) is 0 Å². The first-order valence-corrected chi connectivity index (χ1v) is 6.84. The Bertz CT molecular complexity index is 406. The Balaban J connectivity index is 1.94. The van der Waals surface area contributed by atoms with Crippen molar-refractivity contribution in [3.63, 3.8) is 0 Å². The lowest BCUT2D eigenvalue weighted by molar-refractivity contribution is -0.142. The zero-order valence-electron chi connectivity index (χ0n) is 11.5. The van der Waals surface area contributed by atoms with Crippen molar-refractivity contribution in [2.24, 2.45) is 5.92 Å². The van der Waals surface area contributed by atoms with E-state index in [-0.39, 0.29) is 12.1 Å². The highest BCUT2D eigenvalue weighted by Gasteiger charge is 2.28. The van der Waals surface area contributed by atoms with Crippen LogP contribution in [-0.4, -0.2) is 12.1 Å². The minimum absolute atomic E-state index is 0.0398. The molecule has 1 aromatic carbocycles. The van der Waals surface area contributed by atoms with Gasteiger partial charge in [0, 0.05) is 6.42 Å². The van der Waals surface area contributed by atoms with Crippen LogP contribution in [0.1, 0.15) is 50.7 Å². The van der Waals surface area contributed by atoms with Gasteiger partial charge in [0.2, 0.25) is 0 Å². The molecule has 1 aliphatic heterocycles. The second-order valence-corrected chi connectivity index (χ2v) is 5.64. The van der Waals surface area contributed by atoms with Crippen molar-refractivity contribution >= 4 is 5.97 Å². The molecular weight excluding hydrogens is 224 g/mol. The van der Waals surface area contributed by atoms with Gasteiger partial charge in [-0.05, 0) is 35.8 Å². The van der Waals surface area contributed by atoms with Gasteiger partial charge in [0.1, 0.15) is 6.10 Å². The summed E-state index contributed by atoms with van der Waals surface area (Å²) < 4.78 is 5.32. The minimum Gasteiger partial charge on any atom is -0.462 e. The van der Waals surface area contributed by atoms with E-state index in [1.807, 2.05) is 0 Å². The maximum Gasteiger partial charge on any atom is 0.306 e. The molecule has 0 amide bonds. The van der Waals surface area contributed by atoms with E-state index < -0.39 is 0 Å². The first kappa shape index (κ1) is 13.1. The number of hydrogen-bond donors (Lipinski definition) is 0. The molecule has 18 heavy (non-hydrogen) atoms. The number of hydrogen-bond acceptors (Lipinski definition) is 2. The monoisotopic (exact) mass is 246 g/mol. The maximum absolute atomic E-state index is 11.1.